The number of hydrogen-bond donors (Lipinski definition) is 12. The minimum atomic E-state index is -1.99. The Morgan fingerprint density at radius 2 is 1.20 bits per heavy atom. The van der Waals surface area contributed by atoms with E-state index in [0.717, 1.165) is 30.6 Å². The Bertz CT molecular complexity index is 1720. The predicted molar refractivity (Wildman–Crippen MR) is 244 cm³/mol. The molecule has 4 aliphatic carbocycles. The molecule has 3 saturated carbocycles. The van der Waals surface area contributed by atoms with Crippen molar-refractivity contribution in [2.24, 2.45) is 46.3 Å². The Hall–Kier alpha value is -1.06. The second-order valence-electron chi connectivity index (χ2n) is 23.0. The lowest BCUT2D eigenvalue weighted by atomic mass is 9.47. The molecule has 27 atom stereocenters. The highest BCUT2D eigenvalue weighted by molar-refractivity contribution is 5.25. The molecular weight excluding hydrogens is 921 g/mol. The number of fused-ring (bicyclic) bond motifs is 5. The maximum atomic E-state index is 11.8. The SMILES string of the molecule is CC(C)CCC[C@@H](C)[C@H]1CC[C@H]2[C@@H]3CC=C4C[C@@H](O[C@H]5O[C@H](CO)[C@H](O[C@@H]6O[C@H](CO)[C@@H](O)[C@H](O[C@@H]7OC[C@@H](O)[C@H](O)[C@H]7O)[C@H]6O[C@@H]6O[C@H](CO)[C@@H](O)[C@H](O)[C@H]6O)[C@H](O)[C@H]5O)CC[C@]4(C)[C@H]3CC[C@]12C. The number of ether oxygens (including phenoxy) is 8. The maximum absolute atomic E-state index is 11.8. The summed E-state index contributed by atoms with van der Waals surface area (Å²) in [4.78, 5) is 0. The molecule has 0 aromatic heterocycles. The number of allylic oxidation sites excluding steroid dienone is 1. The molecule has 0 aromatic rings. The second kappa shape index (κ2) is 22.6. The minimum absolute atomic E-state index is 0.0151. The summed E-state index contributed by atoms with van der Waals surface area (Å²) >= 11 is 0. The third-order valence-electron chi connectivity index (χ3n) is 18.4. The molecule has 0 spiro atoms. The van der Waals surface area contributed by atoms with E-state index in [1.165, 1.54) is 50.5 Å². The standard InChI is InChI=1S/C50H84O20/c1-22(2)7-6-8-23(3)27-11-12-28-26-10-9-24-17-25(13-15-49(24,4)29(26)14-16-50(27,28)5)64-46-41(62)38(59)42(33(20-53)67-46)68-48-44(70-47-40(61)37(58)35(56)31(18-51)65-47)43(36(57)32(19-52)66-48)69-45-39(60)34(55)30(54)21-63-45/h9,22-23,25-48,51-62H,6-8,10-21H2,1-5H3/t23-,25+,26+,27-,28+,29+,30-,31-,32-,33-,34+,35-,36-,37+,38-,39-,40-,41-,42+,43+,44-,45+,46+,47+,48+,49+,50-/m1/s1. The molecule has 8 rings (SSSR count). The van der Waals surface area contributed by atoms with E-state index >= 15 is 0 Å². The topological polar surface area (TPSA) is 317 Å². The third kappa shape index (κ3) is 10.6. The summed E-state index contributed by atoms with van der Waals surface area (Å²) in [5.74, 6) is 4.15. The average Bonchev–Trinajstić information content (AvgIpc) is 3.70. The van der Waals surface area contributed by atoms with Gasteiger partial charge in [-0.1, -0.05) is 65.5 Å². The van der Waals surface area contributed by atoms with Crippen LogP contribution in [0.15, 0.2) is 11.6 Å². The Balaban J connectivity index is 0.956. The van der Waals surface area contributed by atoms with Gasteiger partial charge in [0, 0.05) is 0 Å². The summed E-state index contributed by atoms with van der Waals surface area (Å²) in [6, 6.07) is 0. The fourth-order valence-electron chi connectivity index (χ4n) is 14.3. The van der Waals surface area contributed by atoms with Crippen LogP contribution in [0.3, 0.4) is 0 Å². The van der Waals surface area contributed by atoms with Crippen LogP contribution in [0.1, 0.15) is 105 Å². The Morgan fingerprint density at radius 1 is 0.586 bits per heavy atom. The minimum Gasteiger partial charge on any atom is -0.394 e. The fraction of sp³-hybridized carbons (Fsp3) is 0.960. The highest BCUT2D eigenvalue weighted by Gasteiger charge is 2.61. The molecule has 0 unspecified atom stereocenters. The molecule has 0 radical (unpaired) electrons. The summed E-state index contributed by atoms with van der Waals surface area (Å²) in [6.07, 6.45) is -18.5. The van der Waals surface area contributed by atoms with E-state index in [0.29, 0.717) is 36.0 Å². The Kier molecular flexibility index (Phi) is 17.9. The van der Waals surface area contributed by atoms with Gasteiger partial charge in [0.1, 0.15) is 91.6 Å². The molecule has 4 saturated heterocycles. The zero-order valence-electron chi connectivity index (χ0n) is 41.3. The smallest absolute Gasteiger partial charge is 0.187 e. The van der Waals surface area contributed by atoms with Gasteiger partial charge in [-0.15, -0.1) is 0 Å². The van der Waals surface area contributed by atoms with Crippen LogP contribution in [0.25, 0.3) is 0 Å². The average molecular weight is 1010 g/mol. The van der Waals surface area contributed by atoms with Gasteiger partial charge >= 0.3 is 0 Å². The fourth-order valence-corrected chi connectivity index (χ4v) is 14.3. The number of rotatable bonds is 16. The molecule has 8 aliphatic rings. The first-order valence-corrected chi connectivity index (χ1v) is 26.1. The summed E-state index contributed by atoms with van der Waals surface area (Å²) in [7, 11) is 0. The van der Waals surface area contributed by atoms with Crippen molar-refractivity contribution < 1.29 is 99.2 Å². The third-order valence-corrected chi connectivity index (χ3v) is 18.4. The van der Waals surface area contributed by atoms with Crippen molar-refractivity contribution in [2.45, 2.75) is 228 Å². The van der Waals surface area contributed by atoms with E-state index in [9.17, 15) is 61.3 Å². The zero-order chi connectivity index (χ0) is 50.6. The first-order valence-electron chi connectivity index (χ1n) is 26.1. The van der Waals surface area contributed by atoms with Crippen LogP contribution in [0, 0.1) is 46.3 Å². The maximum Gasteiger partial charge on any atom is 0.187 e. The van der Waals surface area contributed by atoms with E-state index in [4.69, 9.17) is 37.9 Å². The molecule has 20 nitrogen and oxygen atoms in total. The largest absolute Gasteiger partial charge is 0.394 e. The van der Waals surface area contributed by atoms with Crippen LogP contribution in [-0.4, -0.2) is 211 Å². The summed E-state index contributed by atoms with van der Waals surface area (Å²) < 4.78 is 47.8. The van der Waals surface area contributed by atoms with Crippen molar-refractivity contribution in [1.82, 2.24) is 0 Å². The van der Waals surface area contributed by atoms with Gasteiger partial charge in [-0.25, -0.2) is 0 Å². The first kappa shape index (κ1) is 55.2. The first-order chi connectivity index (χ1) is 33.3. The molecule has 7 fully saturated rings. The quantitative estimate of drug-likeness (QED) is 0.0853. The molecule has 0 aromatic carbocycles. The van der Waals surface area contributed by atoms with Crippen molar-refractivity contribution in [3.05, 3.63) is 11.6 Å². The van der Waals surface area contributed by atoms with Crippen molar-refractivity contribution >= 4 is 0 Å². The van der Waals surface area contributed by atoms with Crippen LogP contribution in [-0.2, 0) is 37.9 Å². The van der Waals surface area contributed by atoms with Gasteiger partial charge in [0.2, 0.25) is 0 Å². The van der Waals surface area contributed by atoms with Gasteiger partial charge in [0.25, 0.3) is 0 Å². The zero-order valence-corrected chi connectivity index (χ0v) is 41.3. The van der Waals surface area contributed by atoms with Crippen molar-refractivity contribution in [1.29, 1.82) is 0 Å². The van der Waals surface area contributed by atoms with Crippen LogP contribution < -0.4 is 0 Å². The molecule has 4 heterocycles. The monoisotopic (exact) mass is 1000 g/mol. The number of aliphatic hydroxyl groups is 12. The van der Waals surface area contributed by atoms with Crippen LogP contribution in [0.5, 0.6) is 0 Å². The lowest BCUT2D eigenvalue weighted by Crippen LogP contribution is -2.68. The van der Waals surface area contributed by atoms with Crippen molar-refractivity contribution in [3.8, 4) is 0 Å². The van der Waals surface area contributed by atoms with E-state index in [1.54, 1.807) is 0 Å². The van der Waals surface area contributed by atoms with Crippen LogP contribution in [0.2, 0.25) is 0 Å². The highest BCUT2D eigenvalue weighted by atomic mass is 16.8. The van der Waals surface area contributed by atoms with Crippen molar-refractivity contribution in [3.63, 3.8) is 0 Å². The molecule has 404 valence electrons. The van der Waals surface area contributed by atoms with E-state index in [-0.39, 0.29) is 11.5 Å². The summed E-state index contributed by atoms with van der Waals surface area (Å²) in [5.41, 5.74) is 1.73. The second-order valence-corrected chi connectivity index (χ2v) is 23.0. The summed E-state index contributed by atoms with van der Waals surface area (Å²) in [5, 5.41) is 129. The molecule has 0 bridgehead atoms. The molecule has 12 N–H and O–H groups in total. The van der Waals surface area contributed by atoms with Gasteiger partial charge in [-0.2, -0.15) is 0 Å². The van der Waals surface area contributed by atoms with Gasteiger partial charge in [0.05, 0.1) is 32.5 Å². The lowest BCUT2D eigenvalue weighted by Gasteiger charge is -2.58. The summed E-state index contributed by atoms with van der Waals surface area (Å²) in [6.45, 7) is 9.16. The molecular formula is C50H84O20. The Labute approximate surface area is 410 Å². The normalized spacial score (nSPS) is 51.3. The van der Waals surface area contributed by atoms with E-state index < -0.39 is 143 Å². The molecule has 0 amide bonds. The highest BCUT2D eigenvalue weighted by Crippen LogP contribution is 2.67. The van der Waals surface area contributed by atoms with Crippen LogP contribution in [0.4, 0.5) is 0 Å². The van der Waals surface area contributed by atoms with Gasteiger partial charge in [0.15, 0.2) is 25.2 Å². The predicted octanol–water partition coefficient (Wildman–Crippen LogP) is -0.675. The van der Waals surface area contributed by atoms with Gasteiger partial charge < -0.3 is 99.2 Å². The van der Waals surface area contributed by atoms with Crippen molar-refractivity contribution in [2.75, 3.05) is 26.4 Å². The van der Waals surface area contributed by atoms with E-state index in [1.807, 2.05) is 0 Å². The van der Waals surface area contributed by atoms with Crippen LogP contribution >= 0.6 is 0 Å². The lowest BCUT2D eigenvalue weighted by molar-refractivity contribution is -0.403. The van der Waals surface area contributed by atoms with E-state index in [2.05, 4.69) is 40.7 Å². The number of aliphatic hydroxyl groups excluding tert-OH is 12. The Morgan fingerprint density at radius 3 is 1.90 bits per heavy atom. The molecule has 20 heteroatoms. The van der Waals surface area contributed by atoms with Gasteiger partial charge in [-0.3, -0.25) is 0 Å². The molecule has 70 heavy (non-hydrogen) atoms. The molecule has 4 aliphatic heterocycles. The number of hydrogen-bond acceptors (Lipinski definition) is 20. The van der Waals surface area contributed by atoms with Gasteiger partial charge in [-0.05, 0) is 97.7 Å².